The van der Waals surface area contributed by atoms with E-state index in [0.717, 1.165) is 11.3 Å². The third-order valence-electron chi connectivity index (χ3n) is 1.41. The Balaban J connectivity index is 2.62. The molecule has 0 unspecified atom stereocenters. The molecule has 0 spiro atoms. The van der Waals surface area contributed by atoms with E-state index in [9.17, 15) is 13.2 Å². The standard InChI is InChI=1S/C7H11N3O4S2/c1-2-14-6(11)3-5-4-15-7(9-5)10-16(8,12)13/h4H,2-3H2,1H3,(H,9,10)(H2,8,12,13). The number of aromatic nitrogens is 1. The van der Waals surface area contributed by atoms with Gasteiger partial charge in [-0.3, -0.25) is 4.79 Å². The fourth-order valence-corrected chi connectivity index (χ4v) is 2.30. The lowest BCUT2D eigenvalue weighted by Crippen LogP contribution is -2.21. The number of carbonyl (C=O) groups is 1. The summed E-state index contributed by atoms with van der Waals surface area (Å²) in [6, 6.07) is 0. The van der Waals surface area contributed by atoms with Crippen LogP contribution in [-0.2, 0) is 26.2 Å². The summed E-state index contributed by atoms with van der Waals surface area (Å²) in [7, 11) is -3.82. The Labute approximate surface area is 96.8 Å². The van der Waals surface area contributed by atoms with Gasteiger partial charge in [0.25, 0.3) is 10.2 Å². The number of nitrogens with two attached hydrogens (primary N) is 1. The van der Waals surface area contributed by atoms with E-state index in [1.54, 1.807) is 12.3 Å². The molecule has 0 fully saturated rings. The second kappa shape index (κ2) is 5.23. The minimum absolute atomic E-state index is 0.0106. The molecule has 0 aliphatic heterocycles. The van der Waals surface area contributed by atoms with Gasteiger partial charge in [0.05, 0.1) is 18.7 Å². The van der Waals surface area contributed by atoms with E-state index in [2.05, 4.69) is 4.98 Å². The first-order valence-corrected chi connectivity index (χ1v) is 6.74. The fourth-order valence-electron chi connectivity index (χ4n) is 0.917. The number of hydrogen-bond donors (Lipinski definition) is 2. The van der Waals surface area contributed by atoms with Crippen LogP contribution in [0.3, 0.4) is 0 Å². The number of anilines is 1. The smallest absolute Gasteiger partial charge is 0.311 e. The largest absolute Gasteiger partial charge is 0.466 e. The van der Waals surface area contributed by atoms with Crippen LogP contribution in [0, 0.1) is 0 Å². The number of ether oxygens (including phenoxy) is 1. The molecule has 90 valence electrons. The highest BCUT2D eigenvalue weighted by Crippen LogP contribution is 2.16. The monoisotopic (exact) mass is 265 g/mol. The Kier molecular flexibility index (Phi) is 4.21. The molecule has 1 rings (SSSR count). The molecular formula is C7H11N3O4S2. The van der Waals surface area contributed by atoms with Crippen LogP contribution in [0.5, 0.6) is 0 Å². The summed E-state index contributed by atoms with van der Waals surface area (Å²) >= 11 is 1.05. The minimum atomic E-state index is -3.82. The first kappa shape index (κ1) is 12.9. The van der Waals surface area contributed by atoms with Crippen LogP contribution in [0.25, 0.3) is 0 Å². The molecule has 0 aliphatic carbocycles. The van der Waals surface area contributed by atoms with Crippen LogP contribution in [0.15, 0.2) is 5.38 Å². The number of hydrogen-bond acceptors (Lipinski definition) is 6. The normalized spacial score (nSPS) is 11.1. The Bertz CT molecular complexity index is 468. The van der Waals surface area contributed by atoms with Crippen molar-refractivity contribution in [2.75, 3.05) is 11.3 Å². The Morgan fingerprint density at radius 3 is 2.94 bits per heavy atom. The van der Waals surface area contributed by atoms with Crippen molar-refractivity contribution >= 4 is 32.6 Å². The first-order chi connectivity index (χ1) is 7.40. The van der Waals surface area contributed by atoms with Gasteiger partial charge in [-0.05, 0) is 6.92 Å². The van der Waals surface area contributed by atoms with E-state index in [4.69, 9.17) is 9.88 Å². The number of nitrogens with zero attached hydrogens (tertiary/aromatic N) is 1. The summed E-state index contributed by atoms with van der Waals surface area (Å²) in [4.78, 5) is 15.0. The lowest BCUT2D eigenvalue weighted by molar-refractivity contribution is -0.142. The molecule has 0 saturated carbocycles. The summed E-state index contributed by atoms with van der Waals surface area (Å²) in [5, 5.41) is 6.45. The molecule has 3 N–H and O–H groups in total. The summed E-state index contributed by atoms with van der Waals surface area (Å²) in [6.45, 7) is 2.00. The van der Waals surface area contributed by atoms with Gasteiger partial charge in [0.1, 0.15) is 0 Å². The van der Waals surface area contributed by atoms with Crippen molar-refractivity contribution in [2.24, 2.45) is 5.14 Å². The Morgan fingerprint density at radius 2 is 2.38 bits per heavy atom. The van der Waals surface area contributed by atoms with E-state index in [0.29, 0.717) is 12.3 Å². The predicted molar refractivity (Wildman–Crippen MR) is 59.2 cm³/mol. The molecule has 0 bridgehead atoms. The third kappa shape index (κ3) is 4.55. The zero-order valence-corrected chi connectivity index (χ0v) is 10.1. The van der Waals surface area contributed by atoms with Crippen molar-refractivity contribution in [1.82, 2.24) is 4.98 Å². The molecular weight excluding hydrogens is 254 g/mol. The van der Waals surface area contributed by atoms with Gasteiger partial charge in [-0.2, -0.15) is 8.42 Å². The molecule has 0 aliphatic rings. The number of carbonyl (C=O) groups excluding carboxylic acids is 1. The van der Waals surface area contributed by atoms with Gasteiger partial charge >= 0.3 is 5.97 Å². The van der Waals surface area contributed by atoms with Gasteiger partial charge in [-0.25, -0.2) is 14.8 Å². The summed E-state index contributed by atoms with van der Waals surface area (Å²) < 4.78 is 28.1. The van der Waals surface area contributed by atoms with E-state index in [-0.39, 0.29) is 11.6 Å². The van der Waals surface area contributed by atoms with Crippen LogP contribution in [0.2, 0.25) is 0 Å². The lowest BCUT2D eigenvalue weighted by Gasteiger charge is -1.98. The van der Waals surface area contributed by atoms with Gasteiger partial charge < -0.3 is 4.74 Å². The number of nitrogens with one attached hydrogen (secondary N) is 1. The van der Waals surface area contributed by atoms with Crippen molar-refractivity contribution in [1.29, 1.82) is 0 Å². The lowest BCUT2D eigenvalue weighted by atomic mass is 10.3. The second-order valence-electron chi connectivity index (χ2n) is 2.77. The number of thiazole rings is 1. The quantitative estimate of drug-likeness (QED) is 0.720. The van der Waals surface area contributed by atoms with E-state index >= 15 is 0 Å². The van der Waals surface area contributed by atoms with Gasteiger partial charge in [-0.1, -0.05) is 0 Å². The van der Waals surface area contributed by atoms with Crippen LogP contribution in [0.4, 0.5) is 5.13 Å². The zero-order chi connectivity index (χ0) is 12.2. The Morgan fingerprint density at radius 1 is 1.69 bits per heavy atom. The fraction of sp³-hybridized carbons (Fsp3) is 0.429. The van der Waals surface area contributed by atoms with Gasteiger partial charge in [-0.15, -0.1) is 11.3 Å². The summed E-state index contributed by atoms with van der Waals surface area (Å²) in [5.74, 6) is -0.407. The SMILES string of the molecule is CCOC(=O)Cc1csc(NS(N)(=O)=O)n1. The molecule has 1 aromatic heterocycles. The van der Waals surface area contributed by atoms with E-state index in [1.807, 2.05) is 4.72 Å². The van der Waals surface area contributed by atoms with Crippen LogP contribution in [-0.4, -0.2) is 26.0 Å². The average Bonchev–Trinajstić information content (AvgIpc) is 2.49. The number of esters is 1. The maximum atomic E-state index is 11.1. The van der Waals surface area contributed by atoms with Crippen molar-refractivity contribution in [3.8, 4) is 0 Å². The average molecular weight is 265 g/mol. The highest BCUT2D eigenvalue weighted by molar-refractivity contribution is 7.90. The van der Waals surface area contributed by atoms with Crippen LogP contribution < -0.4 is 9.86 Å². The molecule has 0 saturated heterocycles. The van der Waals surface area contributed by atoms with E-state index in [1.165, 1.54) is 0 Å². The van der Waals surface area contributed by atoms with Gasteiger partial charge in [0.2, 0.25) is 0 Å². The molecule has 0 aromatic carbocycles. The molecule has 0 amide bonds. The first-order valence-electron chi connectivity index (χ1n) is 4.31. The maximum Gasteiger partial charge on any atom is 0.311 e. The van der Waals surface area contributed by atoms with E-state index < -0.39 is 16.2 Å². The van der Waals surface area contributed by atoms with Gasteiger partial charge in [0, 0.05) is 5.38 Å². The molecule has 0 radical (unpaired) electrons. The Hall–Kier alpha value is -1.19. The van der Waals surface area contributed by atoms with Crippen molar-refractivity contribution in [3.05, 3.63) is 11.1 Å². The molecule has 1 heterocycles. The van der Waals surface area contributed by atoms with Crippen LogP contribution >= 0.6 is 11.3 Å². The summed E-state index contributed by atoms with van der Waals surface area (Å²) in [5.41, 5.74) is 0.439. The minimum Gasteiger partial charge on any atom is -0.466 e. The predicted octanol–water partition coefficient (Wildman–Crippen LogP) is -0.136. The maximum absolute atomic E-state index is 11.1. The molecule has 7 nitrogen and oxygen atoms in total. The molecule has 1 aromatic rings. The van der Waals surface area contributed by atoms with Crippen LogP contribution in [0.1, 0.15) is 12.6 Å². The molecule has 0 atom stereocenters. The number of rotatable bonds is 5. The molecule has 9 heteroatoms. The van der Waals surface area contributed by atoms with Crippen molar-refractivity contribution < 1.29 is 17.9 Å². The van der Waals surface area contributed by atoms with Gasteiger partial charge in [0.15, 0.2) is 5.13 Å². The zero-order valence-electron chi connectivity index (χ0n) is 8.47. The second-order valence-corrected chi connectivity index (χ2v) is 4.93. The highest BCUT2D eigenvalue weighted by atomic mass is 32.2. The topological polar surface area (TPSA) is 111 Å². The highest BCUT2D eigenvalue weighted by Gasteiger charge is 2.10. The van der Waals surface area contributed by atoms with Crippen molar-refractivity contribution in [2.45, 2.75) is 13.3 Å². The summed E-state index contributed by atoms with van der Waals surface area (Å²) in [6.07, 6.45) is 0.0106. The van der Waals surface area contributed by atoms with Crippen molar-refractivity contribution in [3.63, 3.8) is 0 Å². The third-order valence-corrected chi connectivity index (χ3v) is 2.83. The molecule has 16 heavy (non-hydrogen) atoms.